The van der Waals surface area contributed by atoms with Gasteiger partial charge in [0.1, 0.15) is 0 Å². The van der Waals surface area contributed by atoms with E-state index in [1.54, 1.807) is 48.5 Å². The summed E-state index contributed by atoms with van der Waals surface area (Å²) in [6.07, 6.45) is 2.91. The third-order valence-corrected chi connectivity index (χ3v) is 3.74. The summed E-state index contributed by atoms with van der Waals surface area (Å²) in [6.45, 7) is 0.278. The Bertz CT molecular complexity index is 753. The van der Waals surface area contributed by atoms with Gasteiger partial charge in [0.2, 0.25) is 11.8 Å². The SMILES string of the molecule is NC(=O)c1cccc(CNC(=O)/C=C/c2c(Cl)cccc2Cl)c1. The number of nitrogens with two attached hydrogens (primary N) is 1. The maximum absolute atomic E-state index is 11.9. The first-order chi connectivity index (χ1) is 11.0. The van der Waals surface area contributed by atoms with Crippen molar-refractivity contribution in [2.75, 3.05) is 0 Å². The molecule has 118 valence electrons. The maximum Gasteiger partial charge on any atom is 0.248 e. The number of nitrogens with one attached hydrogen (secondary N) is 1. The quantitative estimate of drug-likeness (QED) is 0.812. The van der Waals surface area contributed by atoms with Gasteiger partial charge in [0.25, 0.3) is 0 Å². The highest BCUT2D eigenvalue weighted by atomic mass is 35.5. The van der Waals surface area contributed by atoms with Crippen molar-refractivity contribution in [3.05, 3.63) is 75.3 Å². The van der Waals surface area contributed by atoms with Crippen LogP contribution >= 0.6 is 23.2 Å². The molecule has 3 N–H and O–H groups in total. The summed E-state index contributed by atoms with van der Waals surface area (Å²) >= 11 is 12.0. The number of hydrogen-bond donors (Lipinski definition) is 2. The number of hydrogen-bond acceptors (Lipinski definition) is 2. The lowest BCUT2D eigenvalue weighted by Gasteiger charge is -2.04. The topological polar surface area (TPSA) is 72.2 Å². The molecule has 6 heteroatoms. The second-order valence-electron chi connectivity index (χ2n) is 4.75. The minimum absolute atomic E-state index is 0.278. The highest BCUT2D eigenvalue weighted by Gasteiger charge is 2.04. The zero-order valence-corrected chi connectivity index (χ0v) is 13.6. The number of carbonyl (C=O) groups is 2. The van der Waals surface area contributed by atoms with Crippen molar-refractivity contribution in [3.63, 3.8) is 0 Å². The molecule has 0 fully saturated rings. The fourth-order valence-electron chi connectivity index (χ4n) is 1.91. The van der Waals surface area contributed by atoms with Gasteiger partial charge in [0.05, 0.1) is 0 Å². The summed E-state index contributed by atoms with van der Waals surface area (Å²) < 4.78 is 0. The Kier molecular flexibility index (Phi) is 5.79. The lowest BCUT2D eigenvalue weighted by molar-refractivity contribution is -0.116. The maximum atomic E-state index is 11.9. The number of halogens is 2. The summed E-state index contributed by atoms with van der Waals surface area (Å²) in [5.74, 6) is -0.808. The number of rotatable bonds is 5. The summed E-state index contributed by atoms with van der Waals surface area (Å²) in [4.78, 5) is 23.0. The molecule has 0 aromatic heterocycles. The predicted octanol–water partition coefficient (Wildman–Crippen LogP) is 3.42. The van der Waals surface area contributed by atoms with Crippen molar-refractivity contribution < 1.29 is 9.59 Å². The van der Waals surface area contributed by atoms with Crippen LogP contribution in [0.4, 0.5) is 0 Å². The van der Waals surface area contributed by atoms with Crippen molar-refractivity contribution in [1.82, 2.24) is 5.32 Å². The molecule has 0 atom stereocenters. The normalized spacial score (nSPS) is 10.7. The fourth-order valence-corrected chi connectivity index (χ4v) is 2.44. The van der Waals surface area contributed by atoms with Crippen molar-refractivity contribution in [2.24, 2.45) is 5.73 Å². The number of amides is 2. The molecule has 0 heterocycles. The van der Waals surface area contributed by atoms with Gasteiger partial charge in [0, 0.05) is 33.8 Å². The van der Waals surface area contributed by atoms with Crippen LogP contribution in [0.5, 0.6) is 0 Å². The van der Waals surface area contributed by atoms with E-state index < -0.39 is 5.91 Å². The molecule has 0 bridgehead atoms. The van der Waals surface area contributed by atoms with Crippen molar-refractivity contribution in [1.29, 1.82) is 0 Å². The Morgan fingerprint density at radius 1 is 1.09 bits per heavy atom. The van der Waals surface area contributed by atoms with Crippen LogP contribution in [-0.2, 0) is 11.3 Å². The van der Waals surface area contributed by atoms with E-state index in [0.717, 1.165) is 5.56 Å². The van der Waals surface area contributed by atoms with Crippen LogP contribution in [0.25, 0.3) is 6.08 Å². The number of benzene rings is 2. The second-order valence-corrected chi connectivity index (χ2v) is 5.57. The monoisotopic (exact) mass is 348 g/mol. The Labute approximate surface area is 143 Å². The molecule has 23 heavy (non-hydrogen) atoms. The van der Waals surface area contributed by atoms with Gasteiger partial charge in [0.15, 0.2) is 0 Å². The molecule has 2 aromatic rings. The molecule has 4 nitrogen and oxygen atoms in total. The Balaban J connectivity index is 1.99. The summed E-state index contributed by atoms with van der Waals surface area (Å²) in [7, 11) is 0. The average molecular weight is 349 g/mol. The molecule has 0 spiro atoms. The van der Waals surface area contributed by atoms with Gasteiger partial charge in [-0.1, -0.05) is 41.4 Å². The number of carbonyl (C=O) groups excluding carboxylic acids is 2. The minimum Gasteiger partial charge on any atom is -0.366 e. The number of primary amides is 1. The fraction of sp³-hybridized carbons (Fsp3) is 0.0588. The molecular weight excluding hydrogens is 335 g/mol. The third-order valence-electron chi connectivity index (χ3n) is 3.08. The van der Waals surface area contributed by atoms with E-state index in [4.69, 9.17) is 28.9 Å². The molecule has 0 radical (unpaired) electrons. The van der Waals surface area contributed by atoms with Gasteiger partial charge >= 0.3 is 0 Å². The summed E-state index contributed by atoms with van der Waals surface area (Å²) in [6, 6.07) is 11.9. The lowest BCUT2D eigenvalue weighted by Crippen LogP contribution is -2.20. The molecule has 0 saturated carbocycles. The van der Waals surface area contributed by atoms with Crippen LogP contribution in [0, 0.1) is 0 Å². The molecule has 0 saturated heterocycles. The van der Waals surface area contributed by atoms with E-state index in [0.29, 0.717) is 21.2 Å². The molecule has 0 aliphatic carbocycles. The van der Waals surface area contributed by atoms with Crippen LogP contribution in [0.15, 0.2) is 48.5 Å². The molecule has 2 aromatic carbocycles. The second kappa shape index (κ2) is 7.81. The van der Waals surface area contributed by atoms with E-state index in [9.17, 15) is 9.59 Å². The molecule has 0 aliphatic heterocycles. The first kappa shape index (κ1) is 17.1. The molecule has 0 aliphatic rings. The van der Waals surface area contributed by atoms with Gasteiger partial charge in [-0.3, -0.25) is 9.59 Å². The van der Waals surface area contributed by atoms with Gasteiger partial charge in [-0.2, -0.15) is 0 Å². The van der Waals surface area contributed by atoms with E-state index in [-0.39, 0.29) is 12.5 Å². The van der Waals surface area contributed by atoms with E-state index in [1.165, 1.54) is 6.08 Å². The zero-order valence-electron chi connectivity index (χ0n) is 12.1. The van der Waals surface area contributed by atoms with E-state index in [2.05, 4.69) is 5.32 Å². The van der Waals surface area contributed by atoms with E-state index in [1.807, 2.05) is 0 Å². The van der Waals surface area contributed by atoms with Crippen molar-refractivity contribution >= 4 is 41.1 Å². The van der Waals surface area contributed by atoms with Gasteiger partial charge < -0.3 is 11.1 Å². The van der Waals surface area contributed by atoms with Gasteiger partial charge in [-0.05, 0) is 35.9 Å². The van der Waals surface area contributed by atoms with Crippen LogP contribution in [0.1, 0.15) is 21.5 Å². The molecule has 2 rings (SSSR count). The summed E-state index contributed by atoms with van der Waals surface area (Å²) in [5.41, 5.74) is 6.98. The van der Waals surface area contributed by atoms with E-state index >= 15 is 0 Å². The molecular formula is C17H14Cl2N2O2. The first-order valence-electron chi connectivity index (χ1n) is 6.76. The zero-order chi connectivity index (χ0) is 16.8. The van der Waals surface area contributed by atoms with Crippen LogP contribution in [-0.4, -0.2) is 11.8 Å². The predicted molar refractivity (Wildman–Crippen MR) is 92.3 cm³/mol. The Hall–Kier alpha value is -2.30. The molecule has 0 unspecified atom stereocenters. The summed E-state index contributed by atoms with van der Waals surface area (Å²) in [5, 5.41) is 3.65. The smallest absolute Gasteiger partial charge is 0.248 e. The van der Waals surface area contributed by atoms with Crippen LogP contribution in [0.2, 0.25) is 10.0 Å². The minimum atomic E-state index is -0.508. The van der Waals surface area contributed by atoms with Gasteiger partial charge in [-0.15, -0.1) is 0 Å². The van der Waals surface area contributed by atoms with Gasteiger partial charge in [-0.25, -0.2) is 0 Å². The van der Waals surface area contributed by atoms with Crippen molar-refractivity contribution in [2.45, 2.75) is 6.54 Å². The van der Waals surface area contributed by atoms with Crippen molar-refractivity contribution in [3.8, 4) is 0 Å². The largest absolute Gasteiger partial charge is 0.366 e. The Morgan fingerprint density at radius 2 is 1.74 bits per heavy atom. The molecule has 2 amide bonds. The standard InChI is InChI=1S/C17H14Cl2N2O2/c18-14-5-2-6-15(19)13(14)7-8-16(22)21-10-11-3-1-4-12(9-11)17(20)23/h1-9H,10H2,(H2,20,23)(H,21,22)/b8-7+. The first-order valence-corrected chi connectivity index (χ1v) is 7.51. The Morgan fingerprint density at radius 3 is 2.39 bits per heavy atom. The van der Waals surface area contributed by atoms with Crippen LogP contribution in [0.3, 0.4) is 0 Å². The highest BCUT2D eigenvalue weighted by Crippen LogP contribution is 2.25. The van der Waals surface area contributed by atoms with Crippen LogP contribution < -0.4 is 11.1 Å². The third kappa shape index (κ3) is 4.84. The average Bonchev–Trinajstić information content (AvgIpc) is 2.52. The highest BCUT2D eigenvalue weighted by molar-refractivity contribution is 6.37. The lowest BCUT2D eigenvalue weighted by atomic mass is 10.1.